The van der Waals surface area contributed by atoms with E-state index in [1.807, 2.05) is 60.7 Å². The third kappa shape index (κ3) is 4.97. The predicted octanol–water partition coefficient (Wildman–Crippen LogP) is 2.97. The van der Waals surface area contributed by atoms with Crippen molar-refractivity contribution in [3.63, 3.8) is 0 Å². The standard InChI is InChI=1S/C18H17N3O2/c1-15(22)21(12-11-19)20-13-17-9-5-6-10-18(17)23-14-16-7-3-2-4-8-16/h2-10,13H,12,14H2,1H3. The van der Waals surface area contributed by atoms with Crippen LogP contribution in [0.2, 0.25) is 0 Å². The van der Waals surface area contributed by atoms with Gasteiger partial charge in [-0.15, -0.1) is 0 Å². The number of nitrogens with zero attached hydrogens (tertiary/aromatic N) is 3. The maximum atomic E-state index is 11.4. The van der Waals surface area contributed by atoms with E-state index in [4.69, 9.17) is 10.00 Å². The molecular weight excluding hydrogens is 290 g/mol. The number of benzene rings is 2. The lowest BCUT2D eigenvalue weighted by molar-refractivity contribution is -0.128. The monoisotopic (exact) mass is 307 g/mol. The second kappa shape index (κ2) is 8.35. The molecule has 0 bridgehead atoms. The summed E-state index contributed by atoms with van der Waals surface area (Å²) in [4.78, 5) is 11.4. The summed E-state index contributed by atoms with van der Waals surface area (Å²) < 4.78 is 5.82. The molecule has 5 nitrogen and oxygen atoms in total. The molecule has 0 saturated heterocycles. The molecule has 0 N–H and O–H groups in total. The molecule has 5 heteroatoms. The highest BCUT2D eigenvalue weighted by atomic mass is 16.5. The zero-order chi connectivity index (χ0) is 16.5. The Morgan fingerprint density at radius 3 is 2.61 bits per heavy atom. The Bertz CT molecular complexity index is 721. The molecule has 1 amide bonds. The summed E-state index contributed by atoms with van der Waals surface area (Å²) in [5, 5.41) is 13.9. The van der Waals surface area contributed by atoms with Gasteiger partial charge < -0.3 is 4.74 Å². The van der Waals surface area contributed by atoms with E-state index in [1.165, 1.54) is 13.1 Å². The maximum absolute atomic E-state index is 11.4. The van der Waals surface area contributed by atoms with Crippen LogP contribution in [0.3, 0.4) is 0 Å². The lowest BCUT2D eigenvalue weighted by Crippen LogP contribution is -2.23. The summed E-state index contributed by atoms with van der Waals surface area (Å²) in [5.74, 6) is 0.381. The van der Waals surface area contributed by atoms with Gasteiger partial charge in [0.15, 0.2) is 0 Å². The van der Waals surface area contributed by atoms with Gasteiger partial charge in [-0.3, -0.25) is 4.79 Å². The molecule has 116 valence electrons. The molecule has 0 spiro atoms. The average Bonchev–Trinajstić information content (AvgIpc) is 2.58. The highest BCUT2D eigenvalue weighted by Gasteiger charge is 2.06. The molecule has 0 heterocycles. The van der Waals surface area contributed by atoms with E-state index < -0.39 is 0 Å². The van der Waals surface area contributed by atoms with E-state index >= 15 is 0 Å². The number of carbonyl (C=O) groups is 1. The van der Waals surface area contributed by atoms with E-state index in [0.29, 0.717) is 12.4 Å². The van der Waals surface area contributed by atoms with Crippen LogP contribution in [0.5, 0.6) is 5.75 Å². The minimum Gasteiger partial charge on any atom is -0.488 e. The third-order valence-corrected chi connectivity index (χ3v) is 3.08. The molecule has 0 atom stereocenters. The average molecular weight is 307 g/mol. The molecule has 0 aliphatic rings. The second-order valence-corrected chi connectivity index (χ2v) is 4.79. The SMILES string of the molecule is CC(=O)N(CC#N)N=Cc1ccccc1OCc1ccccc1. The molecule has 0 saturated carbocycles. The Kier molecular flexibility index (Phi) is 5.89. The van der Waals surface area contributed by atoms with E-state index in [1.54, 1.807) is 0 Å². The van der Waals surface area contributed by atoms with E-state index in [-0.39, 0.29) is 12.5 Å². The highest BCUT2D eigenvalue weighted by Crippen LogP contribution is 2.17. The fraction of sp³-hybridized carbons (Fsp3) is 0.167. The van der Waals surface area contributed by atoms with Crippen LogP contribution in [0.25, 0.3) is 0 Å². The number of carbonyl (C=O) groups excluding carboxylic acids is 1. The van der Waals surface area contributed by atoms with Crippen molar-refractivity contribution in [1.82, 2.24) is 5.01 Å². The summed E-state index contributed by atoms with van der Waals surface area (Å²) in [5.41, 5.74) is 1.81. The number of rotatable bonds is 6. The smallest absolute Gasteiger partial charge is 0.240 e. The first-order valence-corrected chi connectivity index (χ1v) is 7.15. The van der Waals surface area contributed by atoms with Crippen LogP contribution >= 0.6 is 0 Å². The first kappa shape index (κ1) is 16.2. The van der Waals surface area contributed by atoms with Gasteiger partial charge in [0.1, 0.15) is 18.9 Å². The third-order valence-electron chi connectivity index (χ3n) is 3.08. The quantitative estimate of drug-likeness (QED) is 0.468. The minimum absolute atomic E-state index is 0.0845. The highest BCUT2D eigenvalue weighted by molar-refractivity contribution is 5.84. The van der Waals surface area contributed by atoms with Crippen LogP contribution in [-0.2, 0) is 11.4 Å². The molecule has 0 aliphatic heterocycles. The number of ether oxygens (including phenoxy) is 1. The van der Waals surface area contributed by atoms with Crippen molar-refractivity contribution in [2.75, 3.05) is 6.54 Å². The van der Waals surface area contributed by atoms with Gasteiger partial charge in [0, 0.05) is 12.5 Å². The van der Waals surface area contributed by atoms with Gasteiger partial charge >= 0.3 is 0 Å². The number of hydrogen-bond donors (Lipinski definition) is 0. The molecule has 0 fully saturated rings. The second-order valence-electron chi connectivity index (χ2n) is 4.79. The normalized spacial score (nSPS) is 10.3. The van der Waals surface area contributed by atoms with Gasteiger partial charge in [-0.1, -0.05) is 42.5 Å². The van der Waals surface area contributed by atoms with Crippen molar-refractivity contribution >= 4 is 12.1 Å². The first-order valence-electron chi connectivity index (χ1n) is 7.15. The molecule has 23 heavy (non-hydrogen) atoms. The molecule has 0 radical (unpaired) electrons. The summed E-state index contributed by atoms with van der Waals surface area (Å²) in [6.07, 6.45) is 1.53. The molecule has 0 unspecified atom stereocenters. The zero-order valence-electron chi connectivity index (χ0n) is 12.8. The van der Waals surface area contributed by atoms with E-state index in [9.17, 15) is 4.79 Å². The fourth-order valence-corrected chi connectivity index (χ4v) is 1.89. The summed E-state index contributed by atoms with van der Waals surface area (Å²) in [6, 6.07) is 19.2. The van der Waals surface area contributed by atoms with Gasteiger partial charge in [-0.2, -0.15) is 10.4 Å². The van der Waals surface area contributed by atoms with Crippen molar-refractivity contribution in [2.24, 2.45) is 5.10 Å². The molecule has 2 aromatic rings. The largest absolute Gasteiger partial charge is 0.488 e. The van der Waals surface area contributed by atoms with Crippen LogP contribution in [0, 0.1) is 11.3 Å². The molecule has 0 aromatic heterocycles. The Labute approximate surface area is 135 Å². The Morgan fingerprint density at radius 2 is 1.91 bits per heavy atom. The van der Waals surface area contributed by atoms with Gasteiger partial charge in [0.25, 0.3) is 0 Å². The first-order chi connectivity index (χ1) is 11.2. The Hall–Kier alpha value is -3.13. The lowest BCUT2D eigenvalue weighted by Gasteiger charge is -2.11. The van der Waals surface area contributed by atoms with Crippen molar-refractivity contribution in [3.8, 4) is 11.8 Å². The number of para-hydroxylation sites is 1. The van der Waals surface area contributed by atoms with Gasteiger partial charge in [-0.05, 0) is 17.7 Å². The Balaban J connectivity index is 2.11. The summed E-state index contributed by atoms with van der Waals surface area (Å²) >= 11 is 0. The molecule has 2 aromatic carbocycles. The number of hydrogen-bond acceptors (Lipinski definition) is 4. The van der Waals surface area contributed by atoms with Gasteiger partial charge in [-0.25, -0.2) is 5.01 Å². The van der Waals surface area contributed by atoms with Crippen LogP contribution in [0.15, 0.2) is 59.7 Å². The van der Waals surface area contributed by atoms with Crippen molar-refractivity contribution in [2.45, 2.75) is 13.5 Å². The number of nitriles is 1. The van der Waals surface area contributed by atoms with Crippen molar-refractivity contribution in [1.29, 1.82) is 5.26 Å². The minimum atomic E-state index is -0.287. The Morgan fingerprint density at radius 1 is 1.22 bits per heavy atom. The molecular formula is C18H17N3O2. The van der Waals surface area contributed by atoms with E-state index in [2.05, 4.69) is 5.10 Å². The van der Waals surface area contributed by atoms with Crippen LogP contribution in [0.4, 0.5) is 0 Å². The van der Waals surface area contributed by atoms with Crippen LogP contribution in [0.1, 0.15) is 18.1 Å². The van der Waals surface area contributed by atoms with Gasteiger partial charge in [0.05, 0.1) is 12.3 Å². The lowest BCUT2D eigenvalue weighted by atomic mass is 10.2. The fourth-order valence-electron chi connectivity index (χ4n) is 1.89. The summed E-state index contributed by atoms with van der Waals surface area (Å²) in [7, 11) is 0. The maximum Gasteiger partial charge on any atom is 0.240 e. The number of hydrazone groups is 1. The van der Waals surface area contributed by atoms with Crippen molar-refractivity contribution in [3.05, 3.63) is 65.7 Å². The van der Waals surface area contributed by atoms with Crippen LogP contribution in [-0.4, -0.2) is 23.7 Å². The topological polar surface area (TPSA) is 65.7 Å². The predicted molar refractivity (Wildman–Crippen MR) is 87.8 cm³/mol. The van der Waals surface area contributed by atoms with Crippen molar-refractivity contribution < 1.29 is 9.53 Å². The zero-order valence-corrected chi connectivity index (χ0v) is 12.8. The number of amides is 1. The molecule has 2 rings (SSSR count). The van der Waals surface area contributed by atoms with E-state index in [0.717, 1.165) is 16.1 Å². The molecule has 0 aliphatic carbocycles. The summed E-state index contributed by atoms with van der Waals surface area (Å²) in [6.45, 7) is 1.73. The van der Waals surface area contributed by atoms with Gasteiger partial charge in [0.2, 0.25) is 5.91 Å². The van der Waals surface area contributed by atoms with Crippen LogP contribution < -0.4 is 4.74 Å².